The third kappa shape index (κ3) is 5.53. The van der Waals surface area contributed by atoms with Gasteiger partial charge in [-0.2, -0.15) is 0 Å². The van der Waals surface area contributed by atoms with Crippen LogP contribution in [0, 0.1) is 5.92 Å². The highest BCUT2D eigenvalue weighted by molar-refractivity contribution is 4.69. The molecule has 0 saturated heterocycles. The van der Waals surface area contributed by atoms with Crippen LogP contribution in [0.3, 0.4) is 0 Å². The van der Waals surface area contributed by atoms with E-state index >= 15 is 0 Å². The van der Waals surface area contributed by atoms with Crippen LogP contribution in [0.15, 0.2) is 0 Å². The van der Waals surface area contributed by atoms with Gasteiger partial charge in [-0.1, -0.05) is 26.7 Å². The largest absolute Gasteiger partial charge is 0.316 e. The summed E-state index contributed by atoms with van der Waals surface area (Å²) in [6.07, 6.45) is 7.15. The van der Waals surface area contributed by atoms with Crippen molar-refractivity contribution in [2.75, 3.05) is 32.7 Å². The second kappa shape index (κ2) is 8.12. The summed E-state index contributed by atoms with van der Waals surface area (Å²) < 4.78 is 0. The molecule has 0 radical (unpaired) electrons. The zero-order valence-electron chi connectivity index (χ0n) is 10.6. The van der Waals surface area contributed by atoms with Crippen LogP contribution >= 0.6 is 0 Å². The van der Waals surface area contributed by atoms with Gasteiger partial charge in [0.05, 0.1) is 0 Å². The van der Waals surface area contributed by atoms with E-state index in [0.717, 1.165) is 5.92 Å². The molecule has 1 saturated carbocycles. The fourth-order valence-electron chi connectivity index (χ4n) is 2.49. The zero-order chi connectivity index (χ0) is 10.9. The molecule has 0 aromatic rings. The average Bonchev–Trinajstić information content (AvgIpc) is 2.76. The highest BCUT2D eigenvalue weighted by Crippen LogP contribution is 2.23. The Kier molecular flexibility index (Phi) is 7.03. The Morgan fingerprint density at radius 1 is 1.13 bits per heavy atom. The number of hydrogen-bond donors (Lipinski definition) is 1. The molecule has 0 bridgehead atoms. The summed E-state index contributed by atoms with van der Waals surface area (Å²) in [6, 6.07) is 0. The lowest BCUT2D eigenvalue weighted by molar-refractivity contribution is 0.296. The van der Waals surface area contributed by atoms with E-state index in [2.05, 4.69) is 24.1 Å². The summed E-state index contributed by atoms with van der Waals surface area (Å²) in [5, 5.41) is 3.60. The molecule has 0 aromatic heterocycles. The Morgan fingerprint density at radius 3 is 2.40 bits per heavy atom. The smallest absolute Gasteiger partial charge is 0.000687 e. The summed E-state index contributed by atoms with van der Waals surface area (Å²) in [5.41, 5.74) is 0. The van der Waals surface area contributed by atoms with Gasteiger partial charge in [-0.05, 0) is 57.9 Å². The summed E-state index contributed by atoms with van der Waals surface area (Å²) in [6.45, 7) is 10.6. The molecule has 1 fully saturated rings. The Hall–Kier alpha value is -0.0800. The highest BCUT2D eigenvalue weighted by Gasteiger charge is 2.13. The molecule has 0 heterocycles. The molecule has 2 heteroatoms. The van der Waals surface area contributed by atoms with Crippen LogP contribution in [-0.4, -0.2) is 37.6 Å². The SMILES string of the molecule is CCN(CC)CCCNCC1CCCC1. The summed E-state index contributed by atoms with van der Waals surface area (Å²) >= 11 is 0. The third-order valence-electron chi connectivity index (χ3n) is 3.63. The van der Waals surface area contributed by atoms with Crippen molar-refractivity contribution < 1.29 is 0 Å². The average molecular weight is 212 g/mol. The lowest BCUT2D eigenvalue weighted by atomic mass is 10.1. The first-order valence-corrected chi connectivity index (χ1v) is 6.79. The van der Waals surface area contributed by atoms with E-state index in [1.54, 1.807) is 0 Å². The second-order valence-corrected chi connectivity index (χ2v) is 4.74. The fraction of sp³-hybridized carbons (Fsp3) is 1.00. The lowest BCUT2D eigenvalue weighted by Gasteiger charge is -2.18. The first-order valence-electron chi connectivity index (χ1n) is 6.79. The van der Waals surface area contributed by atoms with Gasteiger partial charge >= 0.3 is 0 Å². The van der Waals surface area contributed by atoms with Crippen LogP contribution in [-0.2, 0) is 0 Å². The molecule has 2 nitrogen and oxygen atoms in total. The number of nitrogens with one attached hydrogen (secondary N) is 1. The van der Waals surface area contributed by atoms with E-state index in [1.165, 1.54) is 64.8 Å². The molecule has 1 N–H and O–H groups in total. The van der Waals surface area contributed by atoms with Crippen molar-refractivity contribution in [2.24, 2.45) is 5.92 Å². The number of hydrogen-bond acceptors (Lipinski definition) is 2. The predicted molar refractivity (Wildman–Crippen MR) is 67.2 cm³/mol. The van der Waals surface area contributed by atoms with E-state index in [-0.39, 0.29) is 0 Å². The van der Waals surface area contributed by atoms with Crippen molar-refractivity contribution in [3.63, 3.8) is 0 Å². The normalized spacial score (nSPS) is 17.8. The lowest BCUT2D eigenvalue weighted by Crippen LogP contribution is -2.28. The van der Waals surface area contributed by atoms with Gasteiger partial charge in [0.1, 0.15) is 0 Å². The van der Waals surface area contributed by atoms with Crippen LogP contribution in [0.5, 0.6) is 0 Å². The van der Waals surface area contributed by atoms with Crippen LogP contribution in [0.4, 0.5) is 0 Å². The van der Waals surface area contributed by atoms with Gasteiger partial charge in [-0.15, -0.1) is 0 Å². The van der Waals surface area contributed by atoms with E-state index in [4.69, 9.17) is 0 Å². The minimum absolute atomic E-state index is 0.985. The van der Waals surface area contributed by atoms with Gasteiger partial charge in [0.15, 0.2) is 0 Å². The fourth-order valence-corrected chi connectivity index (χ4v) is 2.49. The first kappa shape index (κ1) is 13.0. The molecule has 0 aliphatic heterocycles. The molecule has 0 spiro atoms. The van der Waals surface area contributed by atoms with Crippen molar-refractivity contribution in [3.8, 4) is 0 Å². The van der Waals surface area contributed by atoms with Crippen LogP contribution in [0.25, 0.3) is 0 Å². The van der Waals surface area contributed by atoms with Gasteiger partial charge in [-0.3, -0.25) is 0 Å². The van der Waals surface area contributed by atoms with Crippen molar-refractivity contribution >= 4 is 0 Å². The van der Waals surface area contributed by atoms with Crippen LogP contribution in [0.1, 0.15) is 46.0 Å². The monoisotopic (exact) mass is 212 g/mol. The molecule has 90 valence electrons. The molecule has 0 amide bonds. The van der Waals surface area contributed by atoms with Crippen molar-refractivity contribution in [3.05, 3.63) is 0 Å². The zero-order valence-corrected chi connectivity index (χ0v) is 10.6. The first-order chi connectivity index (χ1) is 7.36. The summed E-state index contributed by atoms with van der Waals surface area (Å²) in [4.78, 5) is 2.50. The van der Waals surface area contributed by atoms with Gasteiger partial charge in [0.2, 0.25) is 0 Å². The molecule has 0 unspecified atom stereocenters. The maximum Gasteiger partial charge on any atom is -0.000687 e. The standard InChI is InChI=1S/C13H28N2/c1-3-15(4-2)11-7-10-14-12-13-8-5-6-9-13/h13-14H,3-12H2,1-2H3. The Morgan fingerprint density at radius 2 is 1.80 bits per heavy atom. The maximum absolute atomic E-state index is 3.60. The molecular formula is C13H28N2. The molecule has 15 heavy (non-hydrogen) atoms. The predicted octanol–water partition coefficient (Wildman–Crippen LogP) is 2.50. The topological polar surface area (TPSA) is 15.3 Å². The minimum Gasteiger partial charge on any atom is -0.316 e. The molecule has 1 rings (SSSR count). The Balaban J connectivity index is 1.87. The van der Waals surface area contributed by atoms with Gasteiger partial charge < -0.3 is 10.2 Å². The highest BCUT2D eigenvalue weighted by atomic mass is 15.1. The Labute approximate surface area is 95.4 Å². The van der Waals surface area contributed by atoms with Crippen LogP contribution in [0.2, 0.25) is 0 Å². The van der Waals surface area contributed by atoms with E-state index in [9.17, 15) is 0 Å². The molecule has 1 aliphatic rings. The number of nitrogens with zero attached hydrogens (tertiary/aromatic N) is 1. The summed E-state index contributed by atoms with van der Waals surface area (Å²) in [5.74, 6) is 0.985. The maximum atomic E-state index is 3.60. The van der Waals surface area contributed by atoms with E-state index < -0.39 is 0 Å². The number of rotatable bonds is 8. The minimum atomic E-state index is 0.985. The molecule has 0 aromatic carbocycles. The quantitative estimate of drug-likeness (QED) is 0.622. The Bertz CT molecular complexity index is 133. The van der Waals surface area contributed by atoms with Gasteiger partial charge in [-0.25, -0.2) is 0 Å². The van der Waals surface area contributed by atoms with Gasteiger partial charge in [0, 0.05) is 0 Å². The second-order valence-electron chi connectivity index (χ2n) is 4.74. The molecule has 1 aliphatic carbocycles. The van der Waals surface area contributed by atoms with Gasteiger partial charge in [0.25, 0.3) is 0 Å². The van der Waals surface area contributed by atoms with Crippen LogP contribution < -0.4 is 5.32 Å². The van der Waals surface area contributed by atoms with Crippen molar-refractivity contribution in [2.45, 2.75) is 46.0 Å². The van der Waals surface area contributed by atoms with Crippen molar-refractivity contribution in [1.82, 2.24) is 10.2 Å². The molecule has 0 atom stereocenters. The molecular weight excluding hydrogens is 184 g/mol. The van der Waals surface area contributed by atoms with E-state index in [1.807, 2.05) is 0 Å². The summed E-state index contributed by atoms with van der Waals surface area (Å²) in [7, 11) is 0. The third-order valence-corrected chi connectivity index (χ3v) is 3.63. The van der Waals surface area contributed by atoms with Crippen molar-refractivity contribution in [1.29, 1.82) is 0 Å². The van der Waals surface area contributed by atoms with E-state index in [0.29, 0.717) is 0 Å².